The van der Waals surface area contributed by atoms with E-state index in [0.717, 1.165) is 51.4 Å². The summed E-state index contributed by atoms with van der Waals surface area (Å²) in [5.41, 5.74) is 0. The maximum absolute atomic E-state index is 11.8. The first-order valence-electron chi connectivity index (χ1n) is 7.72. The summed E-state index contributed by atoms with van der Waals surface area (Å²) in [6, 6.07) is 9.94. The number of carbonyl (C=O) groups excluding carboxylic acids is 1. The highest BCUT2D eigenvalue weighted by Crippen LogP contribution is 2.08. The van der Waals surface area contributed by atoms with E-state index in [9.17, 15) is 4.79 Å². The summed E-state index contributed by atoms with van der Waals surface area (Å²) in [5, 5.41) is 2.93. The maximum atomic E-state index is 11.8. The molecule has 5 nitrogen and oxygen atoms in total. The predicted octanol–water partition coefficient (Wildman–Crippen LogP) is 1.80. The third-order valence-corrected chi connectivity index (χ3v) is 3.61. The summed E-state index contributed by atoms with van der Waals surface area (Å²) in [6.07, 6.45) is 0.975. The molecule has 1 heterocycles. The van der Waals surface area contributed by atoms with Crippen LogP contribution in [0, 0.1) is 0 Å². The number of carbonyl (C=O) groups is 1. The van der Waals surface area contributed by atoms with Gasteiger partial charge in [0, 0.05) is 39.3 Å². The van der Waals surface area contributed by atoms with Crippen molar-refractivity contribution >= 4 is 6.03 Å². The van der Waals surface area contributed by atoms with Crippen LogP contribution in [0.5, 0.6) is 5.75 Å². The van der Waals surface area contributed by atoms with Crippen molar-refractivity contribution in [2.24, 2.45) is 0 Å². The molecule has 0 radical (unpaired) electrons. The van der Waals surface area contributed by atoms with Crippen LogP contribution < -0.4 is 10.1 Å². The van der Waals surface area contributed by atoms with Crippen LogP contribution in [0.15, 0.2) is 30.3 Å². The van der Waals surface area contributed by atoms with Crippen molar-refractivity contribution < 1.29 is 9.53 Å². The van der Waals surface area contributed by atoms with Crippen LogP contribution in [-0.4, -0.2) is 61.7 Å². The molecule has 1 aliphatic heterocycles. The first kappa shape index (κ1) is 15.6. The fourth-order valence-corrected chi connectivity index (χ4v) is 2.33. The van der Waals surface area contributed by atoms with Crippen LogP contribution in [0.1, 0.15) is 13.3 Å². The Balaban J connectivity index is 1.62. The standard InChI is InChI=1S/C16H25N3O2/c1-2-8-17-16(20)19-11-9-18(10-12-19)13-14-21-15-6-4-3-5-7-15/h3-7H,2,8-14H2,1H3,(H,17,20). The third kappa shape index (κ3) is 5.27. The van der Waals surface area contributed by atoms with E-state index < -0.39 is 0 Å². The van der Waals surface area contributed by atoms with Gasteiger partial charge < -0.3 is 15.0 Å². The van der Waals surface area contributed by atoms with Gasteiger partial charge in [0.05, 0.1) is 0 Å². The normalized spacial score (nSPS) is 15.8. The third-order valence-electron chi connectivity index (χ3n) is 3.61. The minimum absolute atomic E-state index is 0.0667. The number of hydrogen-bond donors (Lipinski definition) is 1. The van der Waals surface area contributed by atoms with Crippen LogP contribution in [-0.2, 0) is 0 Å². The molecule has 0 aromatic heterocycles. The number of hydrogen-bond acceptors (Lipinski definition) is 3. The van der Waals surface area contributed by atoms with Gasteiger partial charge >= 0.3 is 6.03 Å². The number of benzene rings is 1. The summed E-state index contributed by atoms with van der Waals surface area (Å²) < 4.78 is 5.70. The molecule has 2 rings (SSSR count). The molecule has 1 aromatic rings. The van der Waals surface area contributed by atoms with Gasteiger partial charge in [0.2, 0.25) is 0 Å². The first-order chi connectivity index (χ1) is 10.3. The largest absolute Gasteiger partial charge is 0.492 e. The van der Waals surface area contributed by atoms with Crippen LogP contribution in [0.4, 0.5) is 4.79 Å². The highest BCUT2D eigenvalue weighted by Gasteiger charge is 2.20. The second kappa shape index (κ2) is 8.52. The summed E-state index contributed by atoms with van der Waals surface area (Å²) >= 11 is 0. The highest BCUT2D eigenvalue weighted by atomic mass is 16.5. The van der Waals surface area contributed by atoms with Gasteiger partial charge in [0.1, 0.15) is 12.4 Å². The Bertz CT molecular complexity index is 417. The molecule has 116 valence electrons. The van der Waals surface area contributed by atoms with Crippen molar-refractivity contribution in [3.8, 4) is 5.75 Å². The van der Waals surface area contributed by atoms with Gasteiger partial charge in [-0.3, -0.25) is 4.90 Å². The number of nitrogens with zero attached hydrogens (tertiary/aromatic N) is 2. The average molecular weight is 291 g/mol. The molecule has 1 saturated heterocycles. The fraction of sp³-hybridized carbons (Fsp3) is 0.562. The van der Waals surface area contributed by atoms with E-state index in [4.69, 9.17) is 4.74 Å². The minimum atomic E-state index is 0.0667. The molecule has 0 aliphatic carbocycles. The van der Waals surface area contributed by atoms with E-state index >= 15 is 0 Å². The molecule has 1 aliphatic rings. The van der Waals surface area contributed by atoms with Crippen molar-refractivity contribution in [3.05, 3.63) is 30.3 Å². The Morgan fingerprint density at radius 1 is 1.19 bits per heavy atom. The van der Waals surface area contributed by atoms with Crippen LogP contribution in [0.3, 0.4) is 0 Å². The monoisotopic (exact) mass is 291 g/mol. The summed E-state index contributed by atoms with van der Waals surface area (Å²) in [7, 11) is 0. The molecule has 5 heteroatoms. The lowest BCUT2D eigenvalue weighted by Crippen LogP contribution is -2.52. The lowest BCUT2D eigenvalue weighted by Gasteiger charge is -2.34. The molecular formula is C16H25N3O2. The molecule has 0 unspecified atom stereocenters. The van der Waals surface area contributed by atoms with E-state index in [-0.39, 0.29) is 6.03 Å². The van der Waals surface area contributed by atoms with Crippen molar-refractivity contribution in [2.45, 2.75) is 13.3 Å². The van der Waals surface area contributed by atoms with Crippen molar-refractivity contribution in [2.75, 3.05) is 45.9 Å². The van der Waals surface area contributed by atoms with Gasteiger partial charge in [-0.05, 0) is 18.6 Å². The van der Waals surface area contributed by atoms with Crippen molar-refractivity contribution in [1.82, 2.24) is 15.1 Å². The van der Waals surface area contributed by atoms with Gasteiger partial charge in [-0.15, -0.1) is 0 Å². The zero-order valence-electron chi connectivity index (χ0n) is 12.8. The topological polar surface area (TPSA) is 44.8 Å². The predicted molar refractivity (Wildman–Crippen MR) is 83.6 cm³/mol. The fourth-order valence-electron chi connectivity index (χ4n) is 2.33. The molecule has 1 N–H and O–H groups in total. The SMILES string of the molecule is CCCNC(=O)N1CCN(CCOc2ccccc2)CC1. The van der Waals surface area contributed by atoms with Gasteiger partial charge in [-0.1, -0.05) is 25.1 Å². The maximum Gasteiger partial charge on any atom is 0.317 e. The molecule has 0 saturated carbocycles. The zero-order valence-corrected chi connectivity index (χ0v) is 12.8. The van der Waals surface area contributed by atoms with Gasteiger partial charge in [0.25, 0.3) is 0 Å². The van der Waals surface area contributed by atoms with Crippen LogP contribution >= 0.6 is 0 Å². The quantitative estimate of drug-likeness (QED) is 0.869. The van der Waals surface area contributed by atoms with Crippen LogP contribution in [0.25, 0.3) is 0 Å². The number of ether oxygens (including phenoxy) is 1. The van der Waals surface area contributed by atoms with Crippen molar-refractivity contribution in [3.63, 3.8) is 0 Å². The lowest BCUT2D eigenvalue weighted by molar-refractivity contribution is 0.126. The Labute approximate surface area is 126 Å². The first-order valence-corrected chi connectivity index (χ1v) is 7.72. The summed E-state index contributed by atoms with van der Waals surface area (Å²) in [5.74, 6) is 0.912. The number of piperazine rings is 1. The van der Waals surface area contributed by atoms with E-state index in [1.54, 1.807) is 0 Å². The number of amides is 2. The molecular weight excluding hydrogens is 266 g/mol. The Morgan fingerprint density at radius 2 is 1.90 bits per heavy atom. The lowest BCUT2D eigenvalue weighted by atomic mass is 10.3. The molecule has 0 atom stereocenters. The Kier molecular flexibility index (Phi) is 6.34. The smallest absolute Gasteiger partial charge is 0.317 e. The number of para-hydroxylation sites is 1. The molecule has 1 fully saturated rings. The minimum Gasteiger partial charge on any atom is -0.492 e. The second-order valence-electron chi connectivity index (χ2n) is 5.22. The average Bonchev–Trinajstić information content (AvgIpc) is 2.54. The van der Waals surface area contributed by atoms with E-state index in [0.29, 0.717) is 6.61 Å². The second-order valence-corrected chi connectivity index (χ2v) is 5.22. The number of urea groups is 1. The Hall–Kier alpha value is -1.75. The zero-order chi connectivity index (χ0) is 14.9. The molecule has 1 aromatic carbocycles. The number of rotatable bonds is 6. The Morgan fingerprint density at radius 3 is 2.57 bits per heavy atom. The van der Waals surface area contributed by atoms with Gasteiger partial charge in [-0.25, -0.2) is 4.79 Å². The van der Waals surface area contributed by atoms with E-state index in [1.807, 2.05) is 35.2 Å². The molecule has 0 spiro atoms. The molecule has 21 heavy (non-hydrogen) atoms. The summed E-state index contributed by atoms with van der Waals surface area (Å²) in [6.45, 7) is 7.82. The van der Waals surface area contributed by atoms with Crippen LogP contribution in [0.2, 0.25) is 0 Å². The highest BCUT2D eigenvalue weighted by molar-refractivity contribution is 5.74. The molecule has 2 amide bonds. The van der Waals surface area contributed by atoms with E-state index in [1.165, 1.54) is 0 Å². The van der Waals surface area contributed by atoms with Gasteiger partial charge in [0.15, 0.2) is 0 Å². The molecule has 0 bridgehead atoms. The summed E-state index contributed by atoms with van der Waals surface area (Å²) in [4.78, 5) is 16.1. The number of nitrogens with one attached hydrogen (secondary N) is 1. The van der Waals surface area contributed by atoms with Gasteiger partial charge in [-0.2, -0.15) is 0 Å². The van der Waals surface area contributed by atoms with Crippen molar-refractivity contribution in [1.29, 1.82) is 0 Å². The van der Waals surface area contributed by atoms with E-state index in [2.05, 4.69) is 17.1 Å².